The van der Waals surface area contributed by atoms with Crippen LogP contribution in [0.25, 0.3) is 10.9 Å². The van der Waals surface area contributed by atoms with E-state index in [9.17, 15) is 19.6 Å². The number of alkyl carbamates (subject to hydrolysis) is 1. The third-order valence-electron chi connectivity index (χ3n) is 5.61. The second-order valence-corrected chi connectivity index (χ2v) is 10.1. The number of benzene rings is 1. The van der Waals surface area contributed by atoms with Crippen molar-refractivity contribution in [2.45, 2.75) is 44.6 Å². The summed E-state index contributed by atoms with van der Waals surface area (Å²) in [6.45, 7) is 5.67. The lowest BCUT2D eigenvalue weighted by Gasteiger charge is -2.38. The Labute approximate surface area is 193 Å². The number of aromatic nitrogens is 1. The van der Waals surface area contributed by atoms with E-state index in [1.54, 1.807) is 31.4 Å². The van der Waals surface area contributed by atoms with Gasteiger partial charge in [-0.2, -0.15) is 5.26 Å². The Bertz CT molecular complexity index is 1200. The molecule has 31 heavy (non-hydrogen) atoms. The molecule has 2 aliphatic rings. The molecule has 1 N–H and O–H groups in total. The molecule has 2 heterocycles. The van der Waals surface area contributed by atoms with E-state index in [4.69, 9.17) is 4.74 Å². The fourth-order valence-corrected chi connectivity index (χ4v) is 5.35. The maximum atomic E-state index is 13.3. The first kappa shape index (κ1) is 21.6. The van der Waals surface area contributed by atoms with Crippen LogP contribution in [0, 0.1) is 17.2 Å². The van der Waals surface area contributed by atoms with Crippen molar-refractivity contribution in [2.24, 2.45) is 5.92 Å². The molecule has 0 spiro atoms. The highest BCUT2D eigenvalue weighted by molar-refractivity contribution is 14.1. The van der Waals surface area contributed by atoms with Crippen molar-refractivity contribution >= 4 is 51.3 Å². The van der Waals surface area contributed by atoms with Gasteiger partial charge in [0.15, 0.2) is 5.78 Å². The first-order chi connectivity index (χ1) is 14.6. The molecule has 2 atom stereocenters. The standard InChI is InChI=1S/C23H22IN3O4/c1-22(2,3)31-21(30)26-9-8-14-13-6-4-5-7-17(13)27-19(14)23(12-25)10-15(20(27)29)18(28)16(24)11-23/h4-7,11,15H,8-10H2,1-3H3,(H,26,30)/t15-,23-/m1/s1. The highest BCUT2D eigenvalue weighted by Gasteiger charge is 2.52. The van der Waals surface area contributed by atoms with Crippen LogP contribution in [-0.4, -0.2) is 34.5 Å². The van der Waals surface area contributed by atoms with Gasteiger partial charge in [0.05, 0.1) is 20.9 Å². The molecule has 1 aromatic heterocycles. The molecule has 1 aliphatic carbocycles. The minimum Gasteiger partial charge on any atom is -0.444 e. The largest absolute Gasteiger partial charge is 0.444 e. The molecule has 2 aromatic rings. The number of nitriles is 1. The van der Waals surface area contributed by atoms with Crippen LogP contribution in [0.2, 0.25) is 0 Å². The lowest BCUT2D eigenvalue weighted by Crippen LogP contribution is -2.47. The van der Waals surface area contributed by atoms with Crippen LogP contribution < -0.4 is 5.32 Å². The zero-order chi connectivity index (χ0) is 22.6. The van der Waals surface area contributed by atoms with Gasteiger partial charge >= 0.3 is 6.09 Å². The van der Waals surface area contributed by atoms with Crippen molar-refractivity contribution in [1.82, 2.24) is 9.88 Å². The Kier molecular flexibility index (Phi) is 5.20. The van der Waals surface area contributed by atoms with Gasteiger partial charge in [-0.05, 0) is 73.9 Å². The summed E-state index contributed by atoms with van der Waals surface area (Å²) in [7, 11) is 0. The maximum Gasteiger partial charge on any atom is 0.407 e. The van der Waals surface area contributed by atoms with E-state index < -0.39 is 23.0 Å². The molecule has 0 radical (unpaired) electrons. The zero-order valence-corrected chi connectivity index (χ0v) is 19.6. The van der Waals surface area contributed by atoms with Gasteiger partial charge in [-0.3, -0.25) is 14.2 Å². The first-order valence-electron chi connectivity index (χ1n) is 10.1. The lowest BCUT2D eigenvalue weighted by molar-refractivity contribution is -0.118. The van der Waals surface area contributed by atoms with Crippen LogP contribution in [0.1, 0.15) is 43.2 Å². The van der Waals surface area contributed by atoms with E-state index >= 15 is 0 Å². The Hall–Kier alpha value is -2.67. The number of ether oxygens (including phenoxy) is 1. The van der Waals surface area contributed by atoms with E-state index in [2.05, 4.69) is 11.4 Å². The second kappa shape index (κ2) is 7.48. The fraction of sp³-hybridized carbons (Fsp3) is 0.391. The molecule has 1 aromatic carbocycles. The number of hydrogen-bond donors (Lipinski definition) is 1. The normalized spacial score (nSPS) is 22.5. The van der Waals surface area contributed by atoms with Gasteiger partial charge in [0.25, 0.3) is 0 Å². The number of carbonyl (C=O) groups excluding carboxylic acids is 3. The van der Waals surface area contributed by atoms with E-state index in [0.717, 1.165) is 10.9 Å². The summed E-state index contributed by atoms with van der Waals surface area (Å²) < 4.78 is 7.26. The van der Waals surface area contributed by atoms with Crippen molar-refractivity contribution in [1.29, 1.82) is 5.26 Å². The summed E-state index contributed by atoms with van der Waals surface area (Å²) in [6, 6.07) is 9.83. The minimum absolute atomic E-state index is 0.149. The van der Waals surface area contributed by atoms with Crippen LogP contribution in [0.5, 0.6) is 0 Å². The number of carbonyl (C=O) groups is 3. The number of Topliss-reactive ketones (excluding diaryl/α,β-unsaturated/α-hetero) is 1. The molecule has 7 nitrogen and oxygen atoms in total. The van der Waals surface area contributed by atoms with Crippen LogP contribution in [-0.2, 0) is 21.4 Å². The third-order valence-corrected chi connectivity index (χ3v) is 6.46. The van der Waals surface area contributed by atoms with Crippen molar-refractivity contribution in [3.8, 4) is 6.07 Å². The first-order valence-corrected chi connectivity index (χ1v) is 11.1. The summed E-state index contributed by atoms with van der Waals surface area (Å²) in [5, 5.41) is 13.8. The number of nitrogens with one attached hydrogen (secondary N) is 1. The monoisotopic (exact) mass is 531 g/mol. The summed E-state index contributed by atoms with van der Waals surface area (Å²) in [5.74, 6) is -1.38. The maximum absolute atomic E-state index is 13.3. The van der Waals surface area contributed by atoms with Gasteiger partial charge < -0.3 is 10.1 Å². The number of ketones is 1. The van der Waals surface area contributed by atoms with Crippen LogP contribution in [0.15, 0.2) is 33.9 Å². The lowest BCUT2D eigenvalue weighted by atomic mass is 9.68. The quantitative estimate of drug-likeness (QED) is 0.476. The molecule has 0 fully saturated rings. The number of nitrogens with zero attached hydrogens (tertiary/aromatic N) is 2. The van der Waals surface area contributed by atoms with E-state index in [1.165, 1.54) is 0 Å². The average Bonchev–Trinajstić information content (AvgIpc) is 3.03. The van der Waals surface area contributed by atoms with E-state index in [-0.39, 0.29) is 24.7 Å². The van der Waals surface area contributed by atoms with Gasteiger partial charge in [0.2, 0.25) is 5.91 Å². The topological polar surface area (TPSA) is 101 Å². The molecular formula is C23H22IN3O4. The van der Waals surface area contributed by atoms with Crippen molar-refractivity contribution in [2.75, 3.05) is 6.54 Å². The van der Waals surface area contributed by atoms with Gasteiger partial charge in [0.1, 0.15) is 16.9 Å². The molecular weight excluding hydrogens is 509 g/mol. The molecule has 8 heteroatoms. The van der Waals surface area contributed by atoms with Crippen molar-refractivity contribution in [3.63, 3.8) is 0 Å². The minimum atomic E-state index is -1.07. The Balaban J connectivity index is 1.80. The van der Waals surface area contributed by atoms with Gasteiger partial charge in [-0.15, -0.1) is 0 Å². The summed E-state index contributed by atoms with van der Waals surface area (Å²) in [4.78, 5) is 38.0. The highest BCUT2D eigenvalue weighted by Crippen LogP contribution is 2.48. The van der Waals surface area contributed by atoms with Crippen LogP contribution in [0.3, 0.4) is 0 Å². The van der Waals surface area contributed by atoms with E-state index in [1.807, 2.05) is 46.9 Å². The SMILES string of the molecule is CC(C)(C)OC(=O)NCCc1c2n(c3ccccc13)C(=O)[C@@H]1C[C@]2(C#N)C=C(I)C1=O. The van der Waals surface area contributed by atoms with Crippen molar-refractivity contribution < 1.29 is 19.1 Å². The molecule has 0 unspecified atom stereocenters. The summed E-state index contributed by atoms with van der Waals surface area (Å²) >= 11 is 1.92. The molecule has 1 amide bonds. The molecule has 160 valence electrons. The predicted octanol–water partition coefficient (Wildman–Crippen LogP) is 4.03. The molecule has 0 saturated heterocycles. The highest BCUT2D eigenvalue weighted by atomic mass is 127. The van der Waals surface area contributed by atoms with Gasteiger partial charge in [-0.25, -0.2) is 4.79 Å². The second-order valence-electron chi connectivity index (χ2n) is 8.89. The number of amides is 1. The van der Waals surface area contributed by atoms with E-state index in [0.29, 0.717) is 21.2 Å². The Morgan fingerprint density at radius 3 is 2.74 bits per heavy atom. The average molecular weight is 531 g/mol. The molecule has 0 saturated carbocycles. The summed E-state index contributed by atoms with van der Waals surface area (Å²) in [6.07, 6.45) is 1.74. The Morgan fingerprint density at radius 2 is 2.06 bits per heavy atom. The number of rotatable bonds is 3. The summed E-state index contributed by atoms with van der Waals surface area (Å²) in [5.41, 5.74) is 0.440. The van der Waals surface area contributed by atoms with Gasteiger partial charge in [-0.1, -0.05) is 18.2 Å². The number of fused-ring (bicyclic) bond motifs is 6. The molecule has 1 aliphatic heterocycles. The Morgan fingerprint density at radius 1 is 1.35 bits per heavy atom. The number of allylic oxidation sites excluding steroid dienone is 2. The number of halogens is 1. The number of para-hydroxylation sites is 1. The molecule has 4 rings (SSSR count). The van der Waals surface area contributed by atoms with Crippen LogP contribution in [0.4, 0.5) is 4.79 Å². The van der Waals surface area contributed by atoms with Crippen molar-refractivity contribution in [3.05, 3.63) is 45.2 Å². The molecule has 2 bridgehead atoms. The number of hydrogen-bond acceptors (Lipinski definition) is 5. The zero-order valence-electron chi connectivity index (χ0n) is 17.5. The smallest absolute Gasteiger partial charge is 0.407 e. The van der Waals surface area contributed by atoms with Gasteiger partial charge in [0, 0.05) is 11.9 Å². The predicted molar refractivity (Wildman–Crippen MR) is 123 cm³/mol. The fourth-order valence-electron chi connectivity index (χ4n) is 4.44. The van der Waals surface area contributed by atoms with Crippen LogP contribution >= 0.6 is 22.6 Å². The third kappa shape index (κ3) is 3.55.